The van der Waals surface area contributed by atoms with Crippen molar-refractivity contribution in [2.45, 2.75) is 19.4 Å². The summed E-state index contributed by atoms with van der Waals surface area (Å²) in [6.07, 6.45) is 3.48. The van der Waals surface area contributed by atoms with E-state index in [1.165, 1.54) is 5.56 Å². The van der Waals surface area contributed by atoms with Crippen LogP contribution in [-0.4, -0.2) is 9.97 Å². The average molecular weight is 324 g/mol. The normalized spacial score (nSPS) is 11.3. The van der Waals surface area contributed by atoms with Crippen LogP contribution in [0.3, 0.4) is 0 Å². The minimum absolute atomic E-state index is 0.247. The fourth-order valence-electron chi connectivity index (χ4n) is 2.46. The molecule has 0 bridgehead atoms. The third kappa shape index (κ3) is 3.69. The summed E-state index contributed by atoms with van der Waals surface area (Å²) in [5.41, 5.74) is 2.69. The van der Waals surface area contributed by atoms with E-state index in [4.69, 9.17) is 11.6 Å². The Morgan fingerprint density at radius 3 is 2.48 bits per heavy atom. The molecular weight excluding hydrogens is 306 g/mol. The second-order valence-electron chi connectivity index (χ2n) is 5.92. The number of benzene rings is 2. The van der Waals surface area contributed by atoms with Crippen LogP contribution in [0.5, 0.6) is 0 Å². The maximum absolute atomic E-state index is 6.06. The van der Waals surface area contributed by atoms with Gasteiger partial charge in [-0.3, -0.25) is 4.98 Å². The lowest BCUT2D eigenvalue weighted by Crippen LogP contribution is -2.28. The summed E-state index contributed by atoms with van der Waals surface area (Å²) >= 11 is 6.06. The lowest BCUT2D eigenvalue weighted by molar-refractivity contribution is 0.605. The summed E-state index contributed by atoms with van der Waals surface area (Å²) in [6, 6.07) is 17.9. The summed E-state index contributed by atoms with van der Waals surface area (Å²) < 4.78 is 0. The third-order valence-corrected chi connectivity index (χ3v) is 3.93. The van der Waals surface area contributed by atoms with Crippen LogP contribution in [0.25, 0.3) is 11.3 Å². The molecule has 0 atom stereocenters. The number of anilines is 1. The first kappa shape index (κ1) is 15.5. The molecule has 3 nitrogen and oxygen atoms in total. The summed E-state index contributed by atoms with van der Waals surface area (Å²) in [4.78, 5) is 8.96. The zero-order valence-corrected chi connectivity index (χ0v) is 13.9. The fraction of sp³-hybridized carbons (Fsp3) is 0.158. The molecule has 0 aliphatic heterocycles. The van der Waals surface area contributed by atoms with E-state index in [0.29, 0.717) is 5.02 Å². The predicted octanol–water partition coefficient (Wildman–Crippen LogP) is 5.14. The Labute approximate surface area is 141 Å². The molecule has 0 unspecified atom stereocenters. The summed E-state index contributed by atoms with van der Waals surface area (Å²) in [5, 5.41) is 4.14. The molecule has 0 saturated heterocycles. The monoisotopic (exact) mass is 323 g/mol. The molecule has 3 aromatic rings. The molecule has 116 valence electrons. The van der Waals surface area contributed by atoms with Gasteiger partial charge < -0.3 is 5.32 Å². The molecule has 0 saturated carbocycles. The second-order valence-corrected chi connectivity index (χ2v) is 6.35. The molecule has 1 N–H and O–H groups in total. The van der Waals surface area contributed by atoms with E-state index in [-0.39, 0.29) is 5.54 Å². The molecule has 2 aromatic carbocycles. The van der Waals surface area contributed by atoms with Gasteiger partial charge in [-0.25, -0.2) is 4.98 Å². The van der Waals surface area contributed by atoms with E-state index in [2.05, 4.69) is 41.3 Å². The van der Waals surface area contributed by atoms with Gasteiger partial charge in [-0.05, 0) is 31.5 Å². The molecule has 0 radical (unpaired) electrons. The fourth-order valence-corrected chi connectivity index (χ4v) is 2.65. The van der Waals surface area contributed by atoms with Gasteiger partial charge >= 0.3 is 0 Å². The van der Waals surface area contributed by atoms with E-state index in [9.17, 15) is 0 Å². The van der Waals surface area contributed by atoms with Gasteiger partial charge in [0.25, 0.3) is 0 Å². The van der Waals surface area contributed by atoms with Crippen LogP contribution in [0, 0.1) is 0 Å². The number of aromatic nitrogens is 2. The molecule has 0 fully saturated rings. The molecular formula is C19H18ClN3. The van der Waals surface area contributed by atoms with Gasteiger partial charge in [0.15, 0.2) is 0 Å². The minimum Gasteiger partial charge on any atom is -0.360 e. The van der Waals surface area contributed by atoms with Crippen molar-refractivity contribution in [3.05, 3.63) is 77.6 Å². The van der Waals surface area contributed by atoms with E-state index < -0.39 is 0 Å². The van der Waals surface area contributed by atoms with Gasteiger partial charge in [0, 0.05) is 10.6 Å². The van der Waals surface area contributed by atoms with Crippen molar-refractivity contribution < 1.29 is 0 Å². The van der Waals surface area contributed by atoms with Crippen molar-refractivity contribution in [1.82, 2.24) is 9.97 Å². The number of nitrogens with zero attached hydrogens (tertiary/aromatic N) is 2. The molecule has 0 aliphatic carbocycles. The molecule has 1 heterocycles. The molecule has 0 spiro atoms. The molecule has 3 rings (SSSR count). The molecule has 0 amide bonds. The molecule has 1 aromatic heterocycles. The van der Waals surface area contributed by atoms with Crippen molar-refractivity contribution in [3.63, 3.8) is 0 Å². The Morgan fingerprint density at radius 2 is 1.74 bits per heavy atom. The van der Waals surface area contributed by atoms with Gasteiger partial charge in [-0.2, -0.15) is 0 Å². The maximum Gasteiger partial charge on any atom is 0.145 e. The van der Waals surface area contributed by atoms with Crippen molar-refractivity contribution in [2.75, 3.05) is 5.32 Å². The highest BCUT2D eigenvalue weighted by atomic mass is 35.5. The third-order valence-electron chi connectivity index (χ3n) is 3.69. The van der Waals surface area contributed by atoms with Crippen molar-refractivity contribution >= 4 is 17.4 Å². The topological polar surface area (TPSA) is 37.8 Å². The zero-order chi connectivity index (χ0) is 16.3. The van der Waals surface area contributed by atoms with Crippen molar-refractivity contribution in [2.24, 2.45) is 0 Å². The number of hydrogen-bond donors (Lipinski definition) is 1. The quantitative estimate of drug-likeness (QED) is 0.722. The Morgan fingerprint density at radius 1 is 0.957 bits per heavy atom. The maximum atomic E-state index is 6.06. The number of rotatable bonds is 4. The highest BCUT2D eigenvalue weighted by Gasteiger charge is 2.20. The van der Waals surface area contributed by atoms with Crippen molar-refractivity contribution in [1.29, 1.82) is 0 Å². The standard InChI is InChI=1S/C19H18ClN3/c1-19(2,15-8-4-3-5-9-15)23-18-13-21-12-17(22-18)14-7-6-10-16(20)11-14/h3-13H,1-2H3,(H,22,23). The van der Waals surface area contributed by atoms with Crippen LogP contribution in [0.15, 0.2) is 67.0 Å². The molecule has 0 aliphatic rings. The summed E-state index contributed by atoms with van der Waals surface area (Å²) in [6.45, 7) is 4.24. The first-order chi connectivity index (χ1) is 11.0. The molecule has 4 heteroatoms. The summed E-state index contributed by atoms with van der Waals surface area (Å²) in [7, 11) is 0. The van der Waals surface area contributed by atoms with Gasteiger partial charge in [0.05, 0.1) is 23.6 Å². The Kier molecular flexibility index (Phi) is 4.30. The highest BCUT2D eigenvalue weighted by molar-refractivity contribution is 6.30. The van der Waals surface area contributed by atoms with E-state index in [1.54, 1.807) is 12.4 Å². The molecule has 23 heavy (non-hydrogen) atoms. The number of hydrogen-bond acceptors (Lipinski definition) is 3. The largest absolute Gasteiger partial charge is 0.360 e. The van der Waals surface area contributed by atoms with E-state index >= 15 is 0 Å². The van der Waals surface area contributed by atoms with E-state index in [0.717, 1.165) is 17.1 Å². The Balaban J connectivity index is 1.89. The van der Waals surface area contributed by atoms with Crippen LogP contribution >= 0.6 is 11.6 Å². The number of halogens is 1. The van der Waals surface area contributed by atoms with E-state index in [1.807, 2.05) is 42.5 Å². The first-order valence-electron chi connectivity index (χ1n) is 7.46. The zero-order valence-electron chi connectivity index (χ0n) is 13.1. The lowest BCUT2D eigenvalue weighted by atomic mass is 9.94. The highest BCUT2D eigenvalue weighted by Crippen LogP contribution is 2.26. The lowest BCUT2D eigenvalue weighted by Gasteiger charge is -2.27. The van der Waals surface area contributed by atoms with Gasteiger partial charge in [-0.15, -0.1) is 0 Å². The second kappa shape index (κ2) is 6.39. The SMILES string of the molecule is CC(C)(Nc1cncc(-c2cccc(Cl)c2)n1)c1ccccc1. The van der Waals surface area contributed by atoms with Gasteiger partial charge in [0.1, 0.15) is 5.82 Å². The van der Waals surface area contributed by atoms with Crippen LogP contribution < -0.4 is 5.32 Å². The van der Waals surface area contributed by atoms with Crippen molar-refractivity contribution in [3.8, 4) is 11.3 Å². The number of nitrogens with one attached hydrogen (secondary N) is 1. The predicted molar refractivity (Wildman–Crippen MR) is 95.6 cm³/mol. The van der Waals surface area contributed by atoms with Gasteiger partial charge in [0.2, 0.25) is 0 Å². The Hall–Kier alpha value is -2.39. The first-order valence-corrected chi connectivity index (χ1v) is 7.84. The summed E-state index contributed by atoms with van der Waals surface area (Å²) in [5.74, 6) is 0.733. The average Bonchev–Trinajstić information content (AvgIpc) is 2.55. The van der Waals surface area contributed by atoms with Crippen LogP contribution in [0.1, 0.15) is 19.4 Å². The van der Waals surface area contributed by atoms with Crippen LogP contribution in [0.2, 0.25) is 5.02 Å². The Bertz CT molecular complexity index is 800. The smallest absolute Gasteiger partial charge is 0.145 e. The minimum atomic E-state index is -0.247. The van der Waals surface area contributed by atoms with Gasteiger partial charge in [-0.1, -0.05) is 54.1 Å². The van der Waals surface area contributed by atoms with Crippen LogP contribution in [0.4, 0.5) is 5.82 Å². The van der Waals surface area contributed by atoms with Crippen LogP contribution in [-0.2, 0) is 5.54 Å².